The van der Waals surface area contributed by atoms with E-state index in [1.54, 1.807) is 31.3 Å². The number of hydrogen-bond donors (Lipinski definition) is 1. The van der Waals surface area contributed by atoms with E-state index in [2.05, 4.69) is 25.4 Å². The van der Waals surface area contributed by atoms with Gasteiger partial charge in [0.2, 0.25) is 0 Å². The van der Waals surface area contributed by atoms with Crippen molar-refractivity contribution in [3.8, 4) is 11.5 Å². The Morgan fingerprint density at radius 3 is 2.90 bits per heavy atom. The molecule has 1 aliphatic rings. The molecule has 31 heavy (non-hydrogen) atoms. The minimum absolute atomic E-state index is 0.0602. The minimum Gasteiger partial charge on any atom is -0.364 e. The summed E-state index contributed by atoms with van der Waals surface area (Å²) in [6.07, 6.45) is 2.50. The van der Waals surface area contributed by atoms with Crippen LogP contribution in [0.15, 0.2) is 53.2 Å². The lowest BCUT2D eigenvalue weighted by Crippen LogP contribution is -2.32. The number of aromatic nitrogens is 4. The molecule has 1 N–H and O–H groups in total. The standard InChI is InChI=1S/C22H19ClN6O2/c1-13-25-21(31-28-13)16-4-2-3-5-17(16)22(30)29-9-8-15(12-29)26-20-11-24-19-10-14(23)6-7-18(19)27-20/h2-7,10-11,15H,8-9,12H2,1H3,(H,26,27). The maximum atomic E-state index is 13.2. The van der Waals surface area contributed by atoms with Crippen LogP contribution in [-0.4, -0.2) is 50.0 Å². The number of halogens is 1. The third kappa shape index (κ3) is 3.94. The molecule has 0 saturated carbocycles. The van der Waals surface area contributed by atoms with Crippen LogP contribution < -0.4 is 5.32 Å². The molecule has 1 unspecified atom stereocenters. The van der Waals surface area contributed by atoms with Crippen LogP contribution in [0, 0.1) is 6.92 Å². The normalized spacial score (nSPS) is 16.1. The Morgan fingerprint density at radius 1 is 1.19 bits per heavy atom. The fourth-order valence-corrected chi connectivity index (χ4v) is 3.92. The van der Waals surface area contributed by atoms with Crippen LogP contribution in [0.3, 0.4) is 0 Å². The van der Waals surface area contributed by atoms with E-state index in [0.717, 1.165) is 17.5 Å². The first-order valence-electron chi connectivity index (χ1n) is 9.94. The van der Waals surface area contributed by atoms with Gasteiger partial charge in [0.15, 0.2) is 5.82 Å². The van der Waals surface area contributed by atoms with Crippen LogP contribution in [0.25, 0.3) is 22.5 Å². The van der Waals surface area contributed by atoms with Crippen LogP contribution >= 0.6 is 11.6 Å². The molecule has 0 aliphatic carbocycles. The van der Waals surface area contributed by atoms with Crippen molar-refractivity contribution in [2.75, 3.05) is 18.4 Å². The lowest BCUT2D eigenvalue weighted by molar-refractivity contribution is 0.0792. The Labute approximate surface area is 183 Å². The molecule has 0 radical (unpaired) electrons. The topological polar surface area (TPSA) is 97.0 Å². The van der Waals surface area contributed by atoms with Gasteiger partial charge in [-0.05, 0) is 43.7 Å². The largest absolute Gasteiger partial charge is 0.364 e. The van der Waals surface area contributed by atoms with Gasteiger partial charge < -0.3 is 14.7 Å². The summed E-state index contributed by atoms with van der Waals surface area (Å²) >= 11 is 6.01. The second-order valence-corrected chi connectivity index (χ2v) is 7.90. The zero-order valence-corrected chi connectivity index (χ0v) is 17.5. The van der Waals surface area contributed by atoms with E-state index in [1.807, 2.05) is 29.2 Å². The van der Waals surface area contributed by atoms with Gasteiger partial charge >= 0.3 is 0 Å². The molecule has 5 rings (SSSR count). The van der Waals surface area contributed by atoms with Crippen molar-refractivity contribution in [1.29, 1.82) is 0 Å². The Morgan fingerprint density at radius 2 is 2.06 bits per heavy atom. The van der Waals surface area contributed by atoms with Crippen LogP contribution in [0.4, 0.5) is 5.82 Å². The quantitative estimate of drug-likeness (QED) is 0.519. The molecule has 1 amide bonds. The van der Waals surface area contributed by atoms with Gasteiger partial charge in [0.1, 0.15) is 5.82 Å². The molecule has 2 aromatic heterocycles. The van der Waals surface area contributed by atoms with Gasteiger partial charge in [-0.15, -0.1) is 0 Å². The second-order valence-electron chi connectivity index (χ2n) is 7.46. The predicted molar refractivity (Wildman–Crippen MR) is 117 cm³/mol. The van der Waals surface area contributed by atoms with Crippen molar-refractivity contribution < 1.29 is 9.32 Å². The number of likely N-dealkylation sites (tertiary alicyclic amines) is 1. The lowest BCUT2D eigenvalue weighted by Gasteiger charge is -2.18. The molecule has 1 fully saturated rings. The highest BCUT2D eigenvalue weighted by Crippen LogP contribution is 2.25. The average molecular weight is 435 g/mol. The van der Waals surface area contributed by atoms with Crippen molar-refractivity contribution >= 4 is 34.4 Å². The molecular formula is C22H19ClN6O2. The third-order valence-electron chi connectivity index (χ3n) is 5.25. The Kier molecular flexibility index (Phi) is 4.99. The highest BCUT2D eigenvalue weighted by Gasteiger charge is 2.29. The van der Waals surface area contributed by atoms with E-state index in [-0.39, 0.29) is 11.9 Å². The number of rotatable bonds is 4. The molecule has 1 aliphatic heterocycles. The van der Waals surface area contributed by atoms with E-state index in [0.29, 0.717) is 46.8 Å². The fourth-order valence-electron chi connectivity index (χ4n) is 3.76. The maximum Gasteiger partial charge on any atom is 0.258 e. The molecule has 0 spiro atoms. The SMILES string of the molecule is Cc1noc(-c2ccccc2C(=O)N2CCC(Nc3cnc4cc(Cl)ccc4n3)C2)n1. The first kappa shape index (κ1) is 19.4. The third-order valence-corrected chi connectivity index (χ3v) is 5.48. The Hall–Kier alpha value is -3.52. The van der Waals surface area contributed by atoms with E-state index >= 15 is 0 Å². The first-order valence-corrected chi connectivity index (χ1v) is 10.3. The molecule has 1 atom stereocenters. The van der Waals surface area contributed by atoms with E-state index in [9.17, 15) is 4.79 Å². The van der Waals surface area contributed by atoms with Crippen LogP contribution in [0.1, 0.15) is 22.6 Å². The predicted octanol–water partition coefficient (Wildman–Crippen LogP) is 3.97. The van der Waals surface area contributed by atoms with Gasteiger partial charge in [-0.2, -0.15) is 4.98 Å². The van der Waals surface area contributed by atoms with E-state index < -0.39 is 0 Å². The first-order chi connectivity index (χ1) is 15.1. The minimum atomic E-state index is -0.0602. The van der Waals surface area contributed by atoms with Gasteiger partial charge in [-0.1, -0.05) is 28.9 Å². The molecule has 9 heteroatoms. The van der Waals surface area contributed by atoms with Crippen molar-refractivity contribution in [3.63, 3.8) is 0 Å². The summed E-state index contributed by atoms with van der Waals surface area (Å²) < 4.78 is 5.28. The fraction of sp³-hybridized carbons (Fsp3) is 0.227. The molecule has 1 saturated heterocycles. The summed E-state index contributed by atoms with van der Waals surface area (Å²) in [6, 6.07) is 12.8. The number of aryl methyl sites for hydroxylation is 1. The molecule has 8 nitrogen and oxygen atoms in total. The van der Waals surface area contributed by atoms with Gasteiger partial charge in [0.05, 0.1) is 28.4 Å². The number of carbonyl (C=O) groups is 1. The van der Waals surface area contributed by atoms with Crippen LogP contribution in [-0.2, 0) is 0 Å². The zero-order valence-electron chi connectivity index (χ0n) is 16.7. The monoisotopic (exact) mass is 434 g/mol. The van der Waals surface area contributed by atoms with E-state index in [1.165, 1.54) is 0 Å². The number of amides is 1. The summed E-state index contributed by atoms with van der Waals surface area (Å²) in [5.41, 5.74) is 2.70. The van der Waals surface area contributed by atoms with Crippen molar-refractivity contribution in [2.24, 2.45) is 0 Å². The Bertz CT molecular complexity index is 1270. The molecule has 156 valence electrons. The highest BCUT2D eigenvalue weighted by molar-refractivity contribution is 6.31. The van der Waals surface area contributed by atoms with Crippen molar-refractivity contribution in [2.45, 2.75) is 19.4 Å². The van der Waals surface area contributed by atoms with E-state index in [4.69, 9.17) is 16.1 Å². The summed E-state index contributed by atoms with van der Waals surface area (Å²) in [4.78, 5) is 28.3. The molecule has 2 aromatic carbocycles. The second kappa shape index (κ2) is 7.96. The molecule has 3 heterocycles. The van der Waals surface area contributed by atoms with Gasteiger partial charge in [-0.3, -0.25) is 9.78 Å². The highest BCUT2D eigenvalue weighted by atomic mass is 35.5. The number of carbonyl (C=O) groups excluding carboxylic acids is 1. The molecular weight excluding hydrogens is 416 g/mol. The molecule has 4 aromatic rings. The van der Waals surface area contributed by atoms with Gasteiger partial charge in [0, 0.05) is 24.2 Å². The average Bonchev–Trinajstić information content (AvgIpc) is 3.42. The number of fused-ring (bicyclic) bond motifs is 1. The number of benzene rings is 2. The van der Waals surface area contributed by atoms with Crippen LogP contribution in [0.2, 0.25) is 5.02 Å². The number of nitrogens with zero attached hydrogens (tertiary/aromatic N) is 5. The summed E-state index contributed by atoms with van der Waals surface area (Å²) in [7, 11) is 0. The smallest absolute Gasteiger partial charge is 0.258 e. The summed E-state index contributed by atoms with van der Waals surface area (Å²) in [5, 5.41) is 7.86. The van der Waals surface area contributed by atoms with Crippen molar-refractivity contribution in [3.05, 3.63) is 65.1 Å². The van der Waals surface area contributed by atoms with Crippen LogP contribution in [0.5, 0.6) is 0 Å². The summed E-state index contributed by atoms with van der Waals surface area (Å²) in [6.45, 7) is 2.96. The summed E-state index contributed by atoms with van der Waals surface area (Å²) in [5.74, 6) is 1.49. The number of hydrogen-bond acceptors (Lipinski definition) is 7. The molecule has 0 bridgehead atoms. The number of anilines is 1. The van der Waals surface area contributed by atoms with Gasteiger partial charge in [-0.25, -0.2) is 4.98 Å². The maximum absolute atomic E-state index is 13.2. The lowest BCUT2D eigenvalue weighted by atomic mass is 10.1. The number of nitrogens with one attached hydrogen (secondary N) is 1. The Balaban J connectivity index is 1.31. The zero-order chi connectivity index (χ0) is 21.4. The van der Waals surface area contributed by atoms with Crippen molar-refractivity contribution in [1.82, 2.24) is 25.0 Å². The van der Waals surface area contributed by atoms with Gasteiger partial charge in [0.25, 0.3) is 11.8 Å².